The van der Waals surface area contributed by atoms with Crippen molar-refractivity contribution in [3.05, 3.63) is 168 Å². The molecular weight excluding hydrogens is 733 g/mol. The van der Waals surface area contributed by atoms with Crippen molar-refractivity contribution in [3.63, 3.8) is 0 Å². The Balaban J connectivity index is 1.36. The maximum atomic E-state index is 14.4. The van der Waals surface area contributed by atoms with Gasteiger partial charge in [0, 0.05) is 69.3 Å². The van der Waals surface area contributed by atoms with E-state index in [2.05, 4.69) is 15.3 Å². The number of benzene rings is 3. The molecule has 0 fully saturated rings. The van der Waals surface area contributed by atoms with Gasteiger partial charge in [-0.05, 0) is 41.0 Å². The van der Waals surface area contributed by atoms with Crippen molar-refractivity contribution < 1.29 is 24.0 Å². The molecule has 5 rings (SSSR count). The van der Waals surface area contributed by atoms with Crippen molar-refractivity contribution in [2.75, 3.05) is 45.8 Å². The Bertz CT molecular complexity index is 2040. The number of pyridine rings is 2. The molecule has 0 aliphatic carbocycles. The van der Waals surface area contributed by atoms with E-state index in [1.165, 1.54) is 19.6 Å². The van der Waals surface area contributed by atoms with Crippen molar-refractivity contribution in [1.82, 2.24) is 34.9 Å². The van der Waals surface area contributed by atoms with Crippen molar-refractivity contribution >= 4 is 29.5 Å². The van der Waals surface area contributed by atoms with Crippen LogP contribution in [0.5, 0.6) is 0 Å². The number of aromatic nitrogens is 2. The fourth-order valence-electron chi connectivity index (χ4n) is 6.25. The second-order valence-electron chi connectivity index (χ2n) is 13.8. The van der Waals surface area contributed by atoms with Gasteiger partial charge in [-0.3, -0.25) is 33.9 Å². The minimum atomic E-state index is -0.687. The summed E-state index contributed by atoms with van der Waals surface area (Å²) in [6, 6.07) is 39.2. The molecule has 3 aromatic carbocycles. The van der Waals surface area contributed by atoms with Crippen LogP contribution in [0.1, 0.15) is 28.1 Å². The van der Waals surface area contributed by atoms with Crippen LogP contribution in [0.4, 0.5) is 0 Å². The number of carbonyl (C=O) groups excluding carboxylic acids is 5. The smallest absolute Gasteiger partial charge is 0.242 e. The second kappa shape index (κ2) is 22.7. The van der Waals surface area contributed by atoms with E-state index < -0.39 is 23.6 Å². The molecule has 0 aliphatic rings. The third-order valence-corrected chi connectivity index (χ3v) is 9.34. The fraction of sp³-hybridized carbons (Fsp3) is 0.267. The minimum Gasteiger partial charge on any atom is -0.368 e. The number of carbonyl (C=O) groups is 5. The van der Waals surface area contributed by atoms with Crippen LogP contribution >= 0.6 is 0 Å². The number of rotatable bonds is 22. The molecule has 0 aliphatic heterocycles. The van der Waals surface area contributed by atoms with Crippen LogP contribution < -0.4 is 11.1 Å². The quantitative estimate of drug-likeness (QED) is 0.108. The van der Waals surface area contributed by atoms with E-state index in [1.807, 2.05) is 121 Å². The third kappa shape index (κ3) is 14.4. The van der Waals surface area contributed by atoms with Crippen LogP contribution in [0, 0.1) is 0 Å². The Morgan fingerprint density at radius 3 is 1.31 bits per heavy atom. The summed E-state index contributed by atoms with van der Waals surface area (Å²) in [5, 5.41) is 3.19. The standard InChI is InChI=1S/C45H50N8O5/c46-41(54)32-52(30-37-16-6-2-7-17-37)44(57)34-51(27-23-40-21-11-13-25-49-40)43(56)35-53(31-38-18-8-3-9-19-38)45(58)33-50(26-22-39-20-10-12-24-48-39)42(55)29-47-28-36-14-4-1-5-15-36/h1-21,24-25,47H,22-23,26-35H2,(H2,46,54). The van der Waals surface area contributed by atoms with Gasteiger partial charge in [0.2, 0.25) is 29.5 Å². The molecule has 0 radical (unpaired) electrons. The molecule has 2 heterocycles. The number of hydrogen-bond acceptors (Lipinski definition) is 8. The summed E-state index contributed by atoms with van der Waals surface area (Å²) in [4.78, 5) is 82.8. The van der Waals surface area contributed by atoms with E-state index in [0.29, 0.717) is 25.1 Å². The highest BCUT2D eigenvalue weighted by atomic mass is 16.2. The van der Waals surface area contributed by atoms with E-state index in [4.69, 9.17) is 5.73 Å². The molecule has 300 valence electrons. The molecule has 0 saturated carbocycles. The van der Waals surface area contributed by atoms with Gasteiger partial charge in [-0.15, -0.1) is 0 Å². The minimum absolute atomic E-state index is 0.00377. The third-order valence-electron chi connectivity index (χ3n) is 9.34. The van der Waals surface area contributed by atoms with Crippen LogP contribution in [0.15, 0.2) is 140 Å². The first-order valence-electron chi connectivity index (χ1n) is 19.2. The van der Waals surface area contributed by atoms with Gasteiger partial charge in [-0.25, -0.2) is 0 Å². The Morgan fingerprint density at radius 1 is 0.466 bits per heavy atom. The Labute approximate surface area is 339 Å². The number of hydrogen-bond donors (Lipinski definition) is 2. The lowest BCUT2D eigenvalue weighted by Crippen LogP contribution is -2.51. The predicted octanol–water partition coefficient (Wildman–Crippen LogP) is 3.25. The first kappa shape index (κ1) is 42.4. The molecular formula is C45H50N8O5. The SMILES string of the molecule is NC(=O)CN(Cc1ccccc1)C(=O)CN(CCc1ccccn1)C(=O)CN(Cc1ccccc1)C(=O)CN(CCc1ccccn1)C(=O)CNCc1ccccc1. The highest BCUT2D eigenvalue weighted by molar-refractivity contribution is 5.91. The molecule has 5 amide bonds. The zero-order chi connectivity index (χ0) is 41.0. The molecule has 13 heteroatoms. The van der Waals surface area contributed by atoms with Crippen LogP contribution in [-0.4, -0.2) is 105 Å². The lowest BCUT2D eigenvalue weighted by atomic mass is 10.2. The average Bonchev–Trinajstić information content (AvgIpc) is 3.24. The van der Waals surface area contributed by atoms with E-state index in [-0.39, 0.29) is 64.8 Å². The molecule has 0 saturated heterocycles. The molecule has 2 aromatic heterocycles. The lowest BCUT2D eigenvalue weighted by molar-refractivity contribution is -0.146. The van der Waals surface area contributed by atoms with Gasteiger partial charge in [0.25, 0.3) is 0 Å². The van der Waals surface area contributed by atoms with Crippen LogP contribution in [0.2, 0.25) is 0 Å². The summed E-state index contributed by atoms with van der Waals surface area (Å²) in [5.74, 6) is -2.37. The van der Waals surface area contributed by atoms with Gasteiger partial charge in [0.1, 0.15) is 6.54 Å². The molecule has 13 nitrogen and oxygen atoms in total. The lowest BCUT2D eigenvalue weighted by Gasteiger charge is -2.31. The average molecular weight is 783 g/mol. The van der Waals surface area contributed by atoms with Crippen LogP contribution in [-0.2, 0) is 56.4 Å². The summed E-state index contributed by atoms with van der Waals surface area (Å²) in [5.41, 5.74) is 9.63. The number of nitrogens with two attached hydrogens (primary N) is 1. The van der Waals surface area contributed by atoms with Crippen LogP contribution in [0.25, 0.3) is 0 Å². The van der Waals surface area contributed by atoms with E-state index in [9.17, 15) is 24.0 Å². The second-order valence-corrected chi connectivity index (χ2v) is 13.8. The summed E-state index contributed by atoms with van der Waals surface area (Å²) >= 11 is 0. The van der Waals surface area contributed by atoms with Gasteiger partial charge in [0.15, 0.2) is 0 Å². The summed E-state index contributed by atoms with van der Waals surface area (Å²) < 4.78 is 0. The Morgan fingerprint density at radius 2 is 0.862 bits per heavy atom. The van der Waals surface area contributed by atoms with Crippen molar-refractivity contribution in [2.24, 2.45) is 5.73 Å². The van der Waals surface area contributed by atoms with Crippen LogP contribution in [0.3, 0.4) is 0 Å². The Hall–Kier alpha value is -6.73. The zero-order valence-electron chi connectivity index (χ0n) is 32.6. The van der Waals surface area contributed by atoms with Crippen molar-refractivity contribution in [3.8, 4) is 0 Å². The van der Waals surface area contributed by atoms with E-state index in [1.54, 1.807) is 18.5 Å². The van der Waals surface area contributed by atoms with Gasteiger partial charge in [0.05, 0.1) is 26.2 Å². The molecule has 5 aromatic rings. The van der Waals surface area contributed by atoms with Gasteiger partial charge < -0.3 is 30.7 Å². The number of nitrogens with zero attached hydrogens (tertiary/aromatic N) is 6. The topological polar surface area (TPSA) is 162 Å². The number of amides is 5. The highest BCUT2D eigenvalue weighted by Crippen LogP contribution is 2.11. The molecule has 0 bridgehead atoms. The summed E-state index contributed by atoms with van der Waals surface area (Å²) in [6.45, 7) is -0.333. The first-order valence-corrected chi connectivity index (χ1v) is 19.2. The van der Waals surface area contributed by atoms with Crippen molar-refractivity contribution in [1.29, 1.82) is 0 Å². The predicted molar refractivity (Wildman–Crippen MR) is 220 cm³/mol. The largest absolute Gasteiger partial charge is 0.368 e. The van der Waals surface area contributed by atoms with Gasteiger partial charge >= 0.3 is 0 Å². The number of primary amides is 1. The molecule has 0 atom stereocenters. The molecule has 0 spiro atoms. The maximum Gasteiger partial charge on any atom is 0.242 e. The van der Waals surface area contributed by atoms with E-state index in [0.717, 1.165) is 22.4 Å². The van der Waals surface area contributed by atoms with Crippen molar-refractivity contribution in [2.45, 2.75) is 32.5 Å². The van der Waals surface area contributed by atoms with E-state index >= 15 is 0 Å². The Kier molecular flexibility index (Phi) is 16.6. The monoisotopic (exact) mass is 782 g/mol. The maximum absolute atomic E-state index is 14.4. The molecule has 58 heavy (non-hydrogen) atoms. The molecule has 0 unspecified atom stereocenters. The first-order chi connectivity index (χ1) is 28.2. The summed E-state index contributed by atoms with van der Waals surface area (Å²) in [6.07, 6.45) is 4.09. The van der Waals surface area contributed by atoms with Gasteiger partial charge in [-0.2, -0.15) is 0 Å². The highest BCUT2D eigenvalue weighted by Gasteiger charge is 2.28. The van der Waals surface area contributed by atoms with Gasteiger partial charge in [-0.1, -0.05) is 103 Å². The summed E-state index contributed by atoms with van der Waals surface area (Å²) in [7, 11) is 0. The fourth-order valence-corrected chi connectivity index (χ4v) is 6.25. The molecule has 3 N–H and O–H groups in total. The zero-order valence-corrected chi connectivity index (χ0v) is 32.6. The number of nitrogens with one attached hydrogen (secondary N) is 1. The normalized spacial score (nSPS) is 10.7.